The Hall–Kier alpha value is -3.82. The second-order valence-electron chi connectivity index (χ2n) is 8.10. The Labute approximate surface area is 196 Å². The molecule has 34 heavy (non-hydrogen) atoms. The number of benzene rings is 2. The van der Waals surface area contributed by atoms with E-state index in [1.165, 1.54) is 0 Å². The van der Waals surface area contributed by atoms with Crippen molar-refractivity contribution in [3.63, 3.8) is 0 Å². The fourth-order valence-electron chi connectivity index (χ4n) is 4.01. The molecule has 0 aliphatic carbocycles. The van der Waals surface area contributed by atoms with E-state index in [4.69, 9.17) is 4.74 Å². The third kappa shape index (κ3) is 4.61. The maximum Gasteiger partial charge on any atom is 0.251 e. The molecule has 0 spiro atoms. The van der Waals surface area contributed by atoms with Crippen LogP contribution in [0.3, 0.4) is 0 Å². The summed E-state index contributed by atoms with van der Waals surface area (Å²) in [7, 11) is 1.59. The molecule has 3 heterocycles. The first-order valence-corrected chi connectivity index (χ1v) is 11.1. The minimum atomic E-state index is -0.236. The van der Waals surface area contributed by atoms with Gasteiger partial charge in [0.2, 0.25) is 5.95 Å². The average molecular weight is 461 g/mol. The average Bonchev–Trinajstić information content (AvgIpc) is 3.28. The number of anilines is 2. The molecule has 2 aromatic heterocycles. The lowest BCUT2D eigenvalue weighted by Crippen LogP contribution is -2.35. The highest BCUT2D eigenvalue weighted by Gasteiger charge is 2.15. The third-order valence-corrected chi connectivity index (χ3v) is 5.85. The highest BCUT2D eigenvalue weighted by Crippen LogP contribution is 2.27. The number of amides is 1. The molecule has 8 nitrogen and oxygen atoms in total. The highest BCUT2D eigenvalue weighted by atomic mass is 19.1. The standard InChI is InChI=1S/C25H25FN6O2/c1-27-24(33)17-6-8-20(9-7-17)28-25-29-23-21(3-2-10-32(23)30-25)18-4-5-19(22(26)15-18)16-31-11-13-34-14-12-31/h2-10,15H,11-14,16H2,1H3,(H,27,33)(H,28,30). The first-order chi connectivity index (χ1) is 16.6. The van der Waals surface area contributed by atoms with Gasteiger partial charge in [0, 0.05) is 55.3 Å². The van der Waals surface area contributed by atoms with Crippen molar-refractivity contribution >= 4 is 23.2 Å². The topological polar surface area (TPSA) is 83.8 Å². The van der Waals surface area contributed by atoms with Gasteiger partial charge in [-0.3, -0.25) is 9.69 Å². The maximum absolute atomic E-state index is 15.0. The molecule has 1 aliphatic rings. The number of hydrogen-bond acceptors (Lipinski definition) is 6. The summed E-state index contributed by atoms with van der Waals surface area (Å²) in [4.78, 5) is 18.5. The van der Waals surface area contributed by atoms with Crippen LogP contribution >= 0.6 is 0 Å². The molecule has 0 bridgehead atoms. The molecule has 174 valence electrons. The lowest BCUT2D eigenvalue weighted by Gasteiger charge is -2.26. The predicted molar refractivity (Wildman–Crippen MR) is 128 cm³/mol. The van der Waals surface area contributed by atoms with E-state index in [9.17, 15) is 9.18 Å². The zero-order valence-corrected chi connectivity index (χ0v) is 18.8. The number of fused-ring (bicyclic) bond motifs is 1. The molecule has 1 amide bonds. The highest BCUT2D eigenvalue weighted by molar-refractivity contribution is 5.94. The van der Waals surface area contributed by atoms with Crippen molar-refractivity contribution in [1.82, 2.24) is 24.8 Å². The molecule has 2 N–H and O–H groups in total. The number of carbonyl (C=O) groups excluding carboxylic acids is 1. The lowest BCUT2D eigenvalue weighted by molar-refractivity contribution is 0.0337. The second kappa shape index (κ2) is 9.58. The molecule has 1 fully saturated rings. The Bertz CT molecular complexity index is 1310. The molecule has 9 heteroatoms. The van der Waals surface area contributed by atoms with Gasteiger partial charge in [-0.05, 0) is 48.0 Å². The van der Waals surface area contributed by atoms with Gasteiger partial charge in [0.1, 0.15) is 5.82 Å². The van der Waals surface area contributed by atoms with Gasteiger partial charge < -0.3 is 15.4 Å². The van der Waals surface area contributed by atoms with Crippen molar-refractivity contribution < 1.29 is 13.9 Å². The van der Waals surface area contributed by atoms with Crippen LogP contribution in [0.1, 0.15) is 15.9 Å². The van der Waals surface area contributed by atoms with Crippen molar-refractivity contribution in [3.05, 3.63) is 77.7 Å². The minimum Gasteiger partial charge on any atom is -0.379 e. The fraction of sp³-hybridized carbons (Fsp3) is 0.240. The summed E-state index contributed by atoms with van der Waals surface area (Å²) in [6.45, 7) is 3.55. The van der Waals surface area contributed by atoms with E-state index in [-0.39, 0.29) is 11.7 Å². The minimum absolute atomic E-state index is 0.148. The van der Waals surface area contributed by atoms with Gasteiger partial charge in [0.05, 0.1) is 13.2 Å². The van der Waals surface area contributed by atoms with Crippen LogP contribution in [0.25, 0.3) is 16.8 Å². The third-order valence-electron chi connectivity index (χ3n) is 5.85. The number of pyridine rings is 1. The summed E-state index contributed by atoms with van der Waals surface area (Å²) in [6.07, 6.45) is 1.80. The summed E-state index contributed by atoms with van der Waals surface area (Å²) in [5, 5.41) is 10.2. The van der Waals surface area contributed by atoms with Crippen LogP contribution in [0.5, 0.6) is 0 Å². The summed E-state index contributed by atoms with van der Waals surface area (Å²) in [5.41, 5.74) is 4.13. The van der Waals surface area contributed by atoms with Gasteiger partial charge in [-0.1, -0.05) is 12.1 Å². The molecule has 4 aromatic rings. The molecular formula is C25H25FN6O2. The van der Waals surface area contributed by atoms with Gasteiger partial charge in [-0.2, -0.15) is 4.98 Å². The van der Waals surface area contributed by atoms with E-state index in [0.29, 0.717) is 42.5 Å². The zero-order chi connectivity index (χ0) is 23.5. The Morgan fingerprint density at radius 2 is 1.91 bits per heavy atom. The number of carbonyl (C=O) groups is 1. The molecule has 1 aliphatic heterocycles. The van der Waals surface area contributed by atoms with E-state index in [1.807, 2.05) is 24.3 Å². The van der Waals surface area contributed by atoms with Crippen LogP contribution in [-0.4, -0.2) is 58.8 Å². The van der Waals surface area contributed by atoms with Crippen molar-refractivity contribution in [2.45, 2.75) is 6.54 Å². The van der Waals surface area contributed by atoms with E-state index in [0.717, 1.165) is 29.9 Å². The SMILES string of the molecule is CNC(=O)c1ccc(Nc2nc3c(-c4ccc(CN5CCOCC5)c(F)c4)cccn3n2)cc1. The predicted octanol–water partition coefficient (Wildman–Crippen LogP) is 3.47. The lowest BCUT2D eigenvalue weighted by atomic mass is 10.0. The van der Waals surface area contributed by atoms with Crippen LogP contribution in [0, 0.1) is 5.82 Å². The maximum atomic E-state index is 15.0. The molecule has 0 atom stereocenters. The fourth-order valence-corrected chi connectivity index (χ4v) is 4.01. The van der Waals surface area contributed by atoms with Crippen molar-refractivity contribution in [2.24, 2.45) is 0 Å². The number of ether oxygens (including phenoxy) is 1. The number of halogens is 1. The van der Waals surface area contributed by atoms with E-state index >= 15 is 0 Å². The number of rotatable bonds is 6. The van der Waals surface area contributed by atoms with Crippen LogP contribution in [0.15, 0.2) is 60.8 Å². The van der Waals surface area contributed by atoms with Crippen molar-refractivity contribution in [1.29, 1.82) is 0 Å². The molecule has 0 unspecified atom stereocenters. The van der Waals surface area contributed by atoms with Crippen molar-refractivity contribution in [2.75, 3.05) is 38.7 Å². The molecule has 5 rings (SSSR count). The Balaban J connectivity index is 1.38. The van der Waals surface area contributed by atoms with Gasteiger partial charge in [0.15, 0.2) is 5.65 Å². The number of morpholine rings is 1. The quantitative estimate of drug-likeness (QED) is 0.459. The monoisotopic (exact) mass is 460 g/mol. The normalized spacial score (nSPS) is 14.3. The smallest absolute Gasteiger partial charge is 0.251 e. The molecule has 0 radical (unpaired) electrons. The summed E-state index contributed by atoms with van der Waals surface area (Å²) >= 11 is 0. The number of nitrogens with one attached hydrogen (secondary N) is 2. The van der Waals surface area contributed by atoms with Gasteiger partial charge >= 0.3 is 0 Å². The van der Waals surface area contributed by atoms with E-state index in [1.54, 1.807) is 48.1 Å². The molecule has 1 saturated heterocycles. The van der Waals surface area contributed by atoms with Gasteiger partial charge in [-0.25, -0.2) is 8.91 Å². The first kappa shape index (κ1) is 22.0. The van der Waals surface area contributed by atoms with Gasteiger partial charge in [-0.15, -0.1) is 5.10 Å². The molecule has 2 aromatic carbocycles. The summed E-state index contributed by atoms with van der Waals surface area (Å²) in [5.74, 6) is 0.0230. The Morgan fingerprint density at radius 3 is 2.65 bits per heavy atom. The van der Waals surface area contributed by atoms with Crippen LogP contribution in [0.4, 0.5) is 16.0 Å². The van der Waals surface area contributed by atoms with Gasteiger partial charge in [0.25, 0.3) is 5.91 Å². The van der Waals surface area contributed by atoms with Crippen LogP contribution < -0.4 is 10.6 Å². The number of nitrogens with zero attached hydrogens (tertiary/aromatic N) is 4. The number of aromatic nitrogens is 3. The van der Waals surface area contributed by atoms with Crippen LogP contribution in [0.2, 0.25) is 0 Å². The van der Waals surface area contributed by atoms with Crippen LogP contribution in [-0.2, 0) is 11.3 Å². The zero-order valence-electron chi connectivity index (χ0n) is 18.8. The molecular weight excluding hydrogens is 435 g/mol. The van der Waals surface area contributed by atoms with Crippen molar-refractivity contribution in [3.8, 4) is 11.1 Å². The number of hydrogen-bond donors (Lipinski definition) is 2. The largest absolute Gasteiger partial charge is 0.379 e. The first-order valence-electron chi connectivity index (χ1n) is 11.1. The Morgan fingerprint density at radius 1 is 1.12 bits per heavy atom. The Kier molecular flexibility index (Phi) is 6.20. The molecule has 0 saturated carbocycles. The van der Waals surface area contributed by atoms with E-state index < -0.39 is 0 Å². The second-order valence-corrected chi connectivity index (χ2v) is 8.10. The summed E-state index contributed by atoms with van der Waals surface area (Å²) in [6, 6.07) is 16.1. The summed E-state index contributed by atoms with van der Waals surface area (Å²) < 4.78 is 22.0. The van der Waals surface area contributed by atoms with E-state index in [2.05, 4.69) is 25.6 Å².